The van der Waals surface area contributed by atoms with Gasteiger partial charge in [-0.05, 0) is 11.6 Å². The topological polar surface area (TPSA) is 79.0 Å². The highest BCUT2D eigenvalue weighted by molar-refractivity contribution is 9.10. The minimum atomic E-state index is -3.82. The molecule has 1 heterocycles. The molecular weight excluding hydrogens is 332 g/mol. The van der Waals surface area contributed by atoms with Gasteiger partial charge in [-0.25, -0.2) is 13.1 Å². The second-order valence-corrected chi connectivity index (χ2v) is 6.38. The molecule has 5 nitrogen and oxygen atoms in total. The number of benzene rings is 1. The Morgan fingerprint density at radius 1 is 1.21 bits per heavy atom. The van der Waals surface area contributed by atoms with Crippen LogP contribution in [0.25, 0.3) is 0 Å². The van der Waals surface area contributed by atoms with Crippen LogP contribution in [0, 0.1) is 0 Å². The number of sulfonamides is 1. The van der Waals surface area contributed by atoms with E-state index in [9.17, 15) is 13.2 Å². The van der Waals surface area contributed by atoms with Crippen LogP contribution in [0.2, 0.25) is 0 Å². The average molecular weight is 343 g/mol. The molecule has 1 aromatic carbocycles. The van der Waals surface area contributed by atoms with E-state index < -0.39 is 15.5 Å². The number of hydrogen-bond acceptors (Lipinski definition) is 3. The molecule has 0 fully saturated rings. The molecule has 0 aliphatic carbocycles. The Labute approximate surface area is 118 Å². The van der Waals surface area contributed by atoms with E-state index in [-0.39, 0.29) is 11.4 Å². The molecule has 0 spiro atoms. The number of pyridine rings is 1. The van der Waals surface area contributed by atoms with Crippen molar-refractivity contribution in [1.29, 1.82) is 0 Å². The van der Waals surface area contributed by atoms with Gasteiger partial charge in [-0.1, -0.05) is 34.1 Å². The largest absolute Gasteiger partial charge is 0.366 e. The lowest BCUT2D eigenvalue weighted by molar-refractivity contribution is 0.580. The minimum absolute atomic E-state index is 0.109. The van der Waals surface area contributed by atoms with Crippen molar-refractivity contribution in [3.05, 3.63) is 63.0 Å². The average Bonchev–Trinajstić information content (AvgIpc) is 2.38. The fourth-order valence-electron chi connectivity index (χ4n) is 1.50. The molecule has 0 amide bonds. The van der Waals surface area contributed by atoms with Gasteiger partial charge in [-0.15, -0.1) is 0 Å². The molecule has 0 unspecified atom stereocenters. The Morgan fingerprint density at radius 3 is 2.63 bits per heavy atom. The molecule has 0 atom stereocenters. The van der Waals surface area contributed by atoms with Crippen molar-refractivity contribution in [3.8, 4) is 0 Å². The molecule has 19 heavy (non-hydrogen) atoms. The van der Waals surface area contributed by atoms with Crippen molar-refractivity contribution >= 4 is 26.0 Å². The van der Waals surface area contributed by atoms with E-state index in [1.165, 1.54) is 18.5 Å². The maximum Gasteiger partial charge on any atom is 0.246 e. The molecule has 0 saturated heterocycles. The lowest BCUT2D eigenvalue weighted by Crippen LogP contribution is -2.28. The molecule has 0 aliphatic heterocycles. The Balaban J connectivity index is 2.22. The summed E-state index contributed by atoms with van der Waals surface area (Å²) in [5.74, 6) is 0. The summed E-state index contributed by atoms with van der Waals surface area (Å²) in [5, 5.41) is 0. The third-order valence-electron chi connectivity index (χ3n) is 2.49. The number of aromatic nitrogens is 1. The van der Waals surface area contributed by atoms with E-state index in [2.05, 4.69) is 25.6 Å². The summed E-state index contributed by atoms with van der Waals surface area (Å²) >= 11 is 3.33. The Kier molecular flexibility index (Phi) is 4.18. The molecule has 100 valence electrons. The van der Waals surface area contributed by atoms with Crippen LogP contribution in [0.4, 0.5) is 0 Å². The fraction of sp³-hybridized carbons (Fsp3) is 0.0833. The van der Waals surface area contributed by atoms with E-state index >= 15 is 0 Å². The highest BCUT2D eigenvalue weighted by Gasteiger charge is 2.17. The molecule has 0 radical (unpaired) electrons. The van der Waals surface area contributed by atoms with Crippen LogP contribution in [0.15, 0.2) is 56.9 Å². The molecule has 2 aromatic rings. The lowest BCUT2D eigenvalue weighted by atomic mass is 10.2. The highest BCUT2D eigenvalue weighted by Crippen LogP contribution is 2.16. The summed E-state index contributed by atoms with van der Waals surface area (Å²) in [6.07, 6.45) is 2.56. The molecule has 7 heteroatoms. The normalized spacial score (nSPS) is 11.4. The standard InChI is InChI=1S/C12H11BrN2O3S/c13-10-4-2-1-3-9(10)7-15-19(17,18)12-8-14-6-5-11(12)16/h1-6,8,15H,7H2,(H,14,16). The van der Waals surface area contributed by atoms with Crippen LogP contribution in [0.5, 0.6) is 0 Å². The number of nitrogens with one attached hydrogen (secondary N) is 2. The zero-order chi connectivity index (χ0) is 13.9. The van der Waals surface area contributed by atoms with Crippen molar-refractivity contribution < 1.29 is 8.42 Å². The monoisotopic (exact) mass is 342 g/mol. The zero-order valence-corrected chi connectivity index (χ0v) is 12.2. The van der Waals surface area contributed by atoms with Crippen molar-refractivity contribution in [3.63, 3.8) is 0 Å². The summed E-state index contributed by atoms with van der Waals surface area (Å²) in [4.78, 5) is 13.8. The first kappa shape index (κ1) is 14.0. The van der Waals surface area contributed by atoms with Gasteiger partial charge in [0.1, 0.15) is 4.90 Å². The van der Waals surface area contributed by atoms with Gasteiger partial charge in [-0.2, -0.15) is 0 Å². The summed E-state index contributed by atoms with van der Waals surface area (Å²) in [6, 6.07) is 8.43. The zero-order valence-electron chi connectivity index (χ0n) is 9.76. The second-order valence-electron chi connectivity index (χ2n) is 3.79. The van der Waals surface area contributed by atoms with Crippen LogP contribution in [-0.2, 0) is 16.6 Å². The van der Waals surface area contributed by atoms with E-state index in [4.69, 9.17) is 0 Å². The number of aromatic amines is 1. The van der Waals surface area contributed by atoms with Gasteiger partial charge in [0.05, 0.1) is 0 Å². The third-order valence-corrected chi connectivity index (χ3v) is 4.68. The minimum Gasteiger partial charge on any atom is -0.366 e. The smallest absolute Gasteiger partial charge is 0.246 e. The maximum absolute atomic E-state index is 12.0. The van der Waals surface area contributed by atoms with Crippen LogP contribution < -0.4 is 10.2 Å². The van der Waals surface area contributed by atoms with E-state index in [0.29, 0.717) is 0 Å². The molecule has 0 bridgehead atoms. The predicted molar refractivity (Wildman–Crippen MR) is 75.2 cm³/mol. The Bertz CT molecular complexity index is 740. The van der Waals surface area contributed by atoms with Crippen LogP contribution in [0.3, 0.4) is 0 Å². The second kappa shape index (κ2) is 5.68. The van der Waals surface area contributed by atoms with Gasteiger partial charge >= 0.3 is 0 Å². The first-order valence-corrected chi connectivity index (χ1v) is 7.68. The van der Waals surface area contributed by atoms with E-state index in [1.807, 2.05) is 18.2 Å². The first-order valence-electron chi connectivity index (χ1n) is 5.41. The van der Waals surface area contributed by atoms with Crippen LogP contribution in [0.1, 0.15) is 5.56 Å². The summed E-state index contributed by atoms with van der Waals surface area (Å²) in [5.41, 5.74) is 0.247. The van der Waals surface area contributed by atoms with Gasteiger partial charge in [0.15, 0.2) is 0 Å². The van der Waals surface area contributed by atoms with Crippen LogP contribution >= 0.6 is 15.9 Å². The lowest BCUT2D eigenvalue weighted by Gasteiger charge is -2.07. The van der Waals surface area contributed by atoms with Crippen molar-refractivity contribution in [2.75, 3.05) is 0 Å². The molecule has 2 N–H and O–H groups in total. The van der Waals surface area contributed by atoms with Gasteiger partial charge in [0, 0.05) is 29.5 Å². The summed E-state index contributed by atoms with van der Waals surface area (Å²) in [6.45, 7) is 0.109. The van der Waals surface area contributed by atoms with Gasteiger partial charge < -0.3 is 4.98 Å². The molecule has 0 saturated carbocycles. The van der Waals surface area contributed by atoms with E-state index in [1.54, 1.807) is 6.07 Å². The molecule has 2 rings (SSSR count). The van der Waals surface area contributed by atoms with Gasteiger partial charge in [0.25, 0.3) is 0 Å². The molecular formula is C12H11BrN2O3S. The first-order chi connectivity index (χ1) is 9.00. The number of H-pyrrole nitrogens is 1. The van der Waals surface area contributed by atoms with E-state index in [0.717, 1.165) is 10.0 Å². The molecule has 1 aromatic heterocycles. The Hall–Kier alpha value is -1.44. The quantitative estimate of drug-likeness (QED) is 0.885. The van der Waals surface area contributed by atoms with Gasteiger partial charge in [0.2, 0.25) is 15.5 Å². The Morgan fingerprint density at radius 2 is 1.95 bits per heavy atom. The summed E-state index contributed by atoms with van der Waals surface area (Å²) in [7, 11) is -3.82. The van der Waals surface area contributed by atoms with Crippen molar-refractivity contribution in [2.24, 2.45) is 0 Å². The number of halogens is 1. The van der Waals surface area contributed by atoms with Gasteiger partial charge in [-0.3, -0.25) is 4.79 Å². The number of rotatable bonds is 4. The number of hydrogen-bond donors (Lipinski definition) is 2. The maximum atomic E-state index is 12.0. The summed E-state index contributed by atoms with van der Waals surface area (Å²) < 4.78 is 27.2. The van der Waals surface area contributed by atoms with Crippen molar-refractivity contribution in [2.45, 2.75) is 11.4 Å². The molecule has 0 aliphatic rings. The third kappa shape index (κ3) is 3.31. The van der Waals surface area contributed by atoms with Crippen LogP contribution in [-0.4, -0.2) is 13.4 Å². The van der Waals surface area contributed by atoms with Crippen molar-refractivity contribution in [1.82, 2.24) is 9.71 Å². The predicted octanol–water partition coefficient (Wildman–Crippen LogP) is 1.62. The fourth-order valence-corrected chi connectivity index (χ4v) is 2.99. The SMILES string of the molecule is O=c1cc[nH]cc1S(=O)(=O)NCc1ccccc1Br. The highest BCUT2D eigenvalue weighted by atomic mass is 79.9.